The minimum Gasteiger partial charge on any atom is -0.340 e. The first-order valence-electron chi connectivity index (χ1n) is 7.04. The van der Waals surface area contributed by atoms with E-state index in [9.17, 15) is 4.79 Å². The van der Waals surface area contributed by atoms with Gasteiger partial charge in [0.15, 0.2) is 0 Å². The van der Waals surface area contributed by atoms with Crippen molar-refractivity contribution in [1.29, 1.82) is 0 Å². The molecule has 112 valence electrons. The average Bonchev–Trinajstić information content (AvgIpc) is 2.76. The second-order valence-electron chi connectivity index (χ2n) is 5.61. The lowest BCUT2D eigenvalue weighted by atomic mass is 9.98. The lowest BCUT2D eigenvalue weighted by molar-refractivity contribution is 0.0655. The highest BCUT2D eigenvalue weighted by atomic mass is 35.5. The highest BCUT2D eigenvalue weighted by molar-refractivity contribution is 6.41. The number of hydrogen-bond acceptors (Lipinski definition) is 2. The molecule has 0 bridgehead atoms. The molecule has 20 heavy (non-hydrogen) atoms. The van der Waals surface area contributed by atoms with Crippen LogP contribution in [-0.4, -0.2) is 41.5 Å². The number of hydrogen-bond donors (Lipinski definition) is 2. The van der Waals surface area contributed by atoms with Gasteiger partial charge in [0.05, 0.1) is 5.02 Å². The van der Waals surface area contributed by atoms with Gasteiger partial charge in [-0.2, -0.15) is 0 Å². The molecule has 2 heterocycles. The largest absolute Gasteiger partial charge is 0.340 e. The first kappa shape index (κ1) is 15.7. The van der Waals surface area contributed by atoms with Crippen molar-refractivity contribution in [2.45, 2.75) is 32.7 Å². The van der Waals surface area contributed by atoms with Gasteiger partial charge >= 0.3 is 0 Å². The van der Waals surface area contributed by atoms with Gasteiger partial charge in [0, 0.05) is 12.6 Å². The quantitative estimate of drug-likeness (QED) is 0.896. The van der Waals surface area contributed by atoms with E-state index in [-0.39, 0.29) is 11.9 Å². The maximum Gasteiger partial charge on any atom is 0.270 e. The van der Waals surface area contributed by atoms with Crippen LogP contribution in [0.2, 0.25) is 10.2 Å². The predicted molar refractivity (Wildman–Crippen MR) is 82.6 cm³/mol. The molecule has 1 aliphatic heterocycles. The van der Waals surface area contributed by atoms with Crippen molar-refractivity contribution in [3.8, 4) is 0 Å². The number of carbonyl (C=O) groups excluding carboxylic acids is 1. The Kier molecular flexibility index (Phi) is 5.35. The summed E-state index contributed by atoms with van der Waals surface area (Å²) in [4.78, 5) is 17.3. The Balaban J connectivity index is 2.09. The number of aromatic amines is 1. The number of rotatable bonds is 4. The van der Waals surface area contributed by atoms with E-state index in [0.29, 0.717) is 21.8 Å². The van der Waals surface area contributed by atoms with Crippen molar-refractivity contribution < 1.29 is 4.79 Å². The van der Waals surface area contributed by atoms with Crippen LogP contribution in [0.3, 0.4) is 0 Å². The number of amides is 1. The molecular weight excluding hydrogens is 297 g/mol. The molecule has 1 aromatic heterocycles. The number of halogens is 2. The topological polar surface area (TPSA) is 48.1 Å². The maximum absolute atomic E-state index is 12.6. The van der Waals surface area contributed by atoms with E-state index in [4.69, 9.17) is 23.2 Å². The van der Waals surface area contributed by atoms with E-state index in [1.165, 1.54) is 6.42 Å². The van der Waals surface area contributed by atoms with Crippen LogP contribution in [0.5, 0.6) is 0 Å². The smallest absolute Gasteiger partial charge is 0.270 e. The molecule has 1 fully saturated rings. The van der Waals surface area contributed by atoms with Crippen LogP contribution in [0.15, 0.2) is 6.07 Å². The van der Waals surface area contributed by atoms with Gasteiger partial charge < -0.3 is 15.2 Å². The van der Waals surface area contributed by atoms with E-state index in [1.807, 2.05) is 18.7 Å². The summed E-state index contributed by atoms with van der Waals surface area (Å²) in [5.41, 5.74) is 0.456. The van der Waals surface area contributed by atoms with Crippen LogP contribution < -0.4 is 5.32 Å². The first-order chi connectivity index (χ1) is 9.49. The number of piperidine rings is 1. The van der Waals surface area contributed by atoms with Gasteiger partial charge in [-0.25, -0.2) is 0 Å². The van der Waals surface area contributed by atoms with Gasteiger partial charge in [-0.3, -0.25) is 4.79 Å². The molecule has 2 rings (SSSR count). The maximum atomic E-state index is 12.6. The van der Waals surface area contributed by atoms with Crippen LogP contribution in [-0.2, 0) is 0 Å². The standard InChI is InChI=1S/C14H21Cl2N3O/c1-9(2)19(8-10-4-3-5-17-7-10)14(20)12-6-11(15)13(16)18-12/h6,9-10,17-18H,3-5,7-8H2,1-2H3. The highest BCUT2D eigenvalue weighted by Gasteiger charge is 2.25. The fourth-order valence-electron chi connectivity index (χ4n) is 2.56. The fraction of sp³-hybridized carbons (Fsp3) is 0.643. The van der Waals surface area contributed by atoms with E-state index in [1.54, 1.807) is 6.07 Å². The number of aromatic nitrogens is 1. The van der Waals surface area contributed by atoms with Gasteiger partial charge in [-0.1, -0.05) is 23.2 Å². The van der Waals surface area contributed by atoms with Crippen LogP contribution in [0.25, 0.3) is 0 Å². The molecule has 0 spiro atoms. The summed E-state index contributed by atoms with van der Waals surface area (Å²) in [6.07, 6.45) is 2.33. The summed E-state index contributed by atoms with van der Waals surface area (Å²) in [5, 5.41) is 4.09. The van der Waals surface area contributed by atoms with E-state index in [0.717, 1.165) is 26.1 Å². The van der Waals surface area contributed by atoms with Crippen LogP contribution in [0.4, 0.5) is 0 Å². The normalized spacial score (nSPS) is 19.4. The van der Waals surface area contributed by atoms with Gasteiger partial charge in [0.1, 0.15) is 10.8 Å². The van der Waals surface area contributed by atoms with E-state index >= 15 is 0 Å². The zero-order chi connectivity index (χ0) is 14.7. The SMILES string of the molecule is CC(C)N(CC1CCCNC1)C(=O)c1cc(Cl)c(Cl)[nH]1. The predicted octanol–water partition coefficient (Wildman–Crippen LogP) is 3.17. The molecule has 1 atom stereocenters. The lowest BCUT2D eigenvalue weighted by Crippen LogP contribution is -2.44. The molecule has 2 N–H and O–H groups in total. The van der Waals surface area contributed by atoms with Crippen LogP contribution in [0.1, 0.15) is 37.2 Å². The second kappa shape index (κ2) is 6.83. The number of nitrogens with one attached hydrogen (secondary N) is 2. The Morgan fingerprint density at radius 2 is 2.25 bits per heavy atom. The van der Waals surface area contributed by atoms with Gasteiger partial charge in [-0.15, -0.1) is 0 Å². The van der Waals surface area contributed by atoms with E-state index in [2.05, 4.69) is 10.3 Å². The molecule has 1 amide bonds. The molecule has 0 aliphatic carbocycles. The average molecular weight is 318 g/mol. The Morgan fingerprint density at radius 3 is 2.75 bits per heavy atom. The molecule has 1 aromatic rings. The second-order valence-corrected chi connectivity index (χ2v) is 6.39. The summed E-state index contributed by atoms with van der Waals surface area (Å²) in [6, 6.07) is 1.74. The molecule has 1 aliphatic rings. The number of nitrogens with zero attached hydrogens (tertiary/aromatic N) is 1. The van der Waals surface area contributed by atoms with Crippen molar-refractivity contribution in [2.24, 2.45) is 5.92 Å². The minimum atomic E-state index is -0.0422. The Hall–Kier alpha value is -0.710. The molecule has 0 saturated carbocycles. The third-order valence-corrected chi connectivity index (χ3v) is 4.39. The zero-order valence-electron chi connectivity index (χ0n) is 11.9. The van der Waals surface area contributed by atoms with E-state index < -0.39 is 0 Å². The third kappa shape index (κ3) is 3.68. The first-order valence-corrected chi connectivity index (χ1v) is 7.80. The Morgan fingerprint density at radius 1 is 1.50 bits per heavy atom. The molecule has 6 heteroatoms. The summed E-state index contributed by atoms with van der Waals surface area (Å²) in [6.45, 7) is 6.87. The molecule has 4 nitrogen and oxygen atoms in total. The summed E-state index contributed by atoms with van der Waals surface area (Å²) in [5.74, 6) is 0.468. The molecule has 0 aromatic carbocycles. The van der Waals surface area contributed by atoms with Gasteiger partial charge in [-0.05, 0) is 51.8 Å². The van der Waals surface area contributed by atoms with Gasteiger partial charge in [0.25, 0.3) is 5.91 Å². The van der Waals surface area contributed by atoms with Crippen molar-refractivity contribution in [1.82, 2.24) is 15.2 Å². The van der Waals surface area contributed by atoms with Crippen LogP contribution in [0, 0.1) is 5.92 Å². The summed E-state index contributed by atoms with van der Waals surface area (Å²) >= 11 is 11.8. The number of H-pyrrole nitrogens is 1. The minimum absolute atomic E-state index is 0.0422. The van der Waals surface area contributed by atoms with Crippen molar-refractivity contribution in [3.05, 3.63) is 21.9 Å². The highest BCUT2D eigenvalue weighted by Crippen LogP contribution is 2.24. The van der Waals surface area contributed by atoms with Crippen molar-refractivity contribution in [3.63, 3.8) is 0 Å². The number of carbonyl (C=O) groups is 1. The zero-order valence-corrected chi connectivity index (χ0v) is 13.4. The molecule has 0 radical (unpaired) electrons. The Labute approximate surface area is 129 Å². The summed E-state index contributed by atoms with van der Waals surface area (Å²) in [7, 11) is 0. The summed E-state index contributed by atoms with van der Waals surface area (Å²) < 4.78 is 0. The molecular formula is C14H21Cl2N3O. The molecule has 1 unspecified atom stereocenters. The lowest BCUT2D eigenvalue weighted by Gasteiger charge is -2.32. The van der Waals surface area contributed by atoms with Crippen LogP contribution >= 0.6 is 23.2 Å². The Bertz CT molecular complexity index is 447. The molecule has 1 saturated heterocycles. The third-order valence-electron chi connectivity index (χ3n) is 3.69. The van der Waals surface area contributed by atoms with Crippen molar-refractivity contribution in [2.75, 3.05) is 19.6 Å². The van der Waals surface area contributed by atoms with Crippen molar-refractivity contribution >= 4 is 29.1 Å². The monoisotopic (exact) mass is 317 g/mol. The van der Waals surface area contributed by atoms with Gasteiger partial charge in [0.2, 0.25) is 0 Å². The fourth-order valence-corrected chi connectivity index (χ4v) is 2.87.